The summed E-state index contributed by atoms with van der Waals surface area (Å²) in [4.78, 5) is 10.2. The van der Waals surface area contributed by atoms with E-state index in [1.54, 1.807) is 0 Å². The van der Waals surface area contributed by atoms with Crippen LogP contribution in [0.1, 0.15) is 78.4 Å². The molecule has 4 aromatic carbocycles. The molecule has 1 radical (unpaired) electrons. The van der Waals surface area contributed by atoms with Gasteiger partial charge in [0.15, 0.2) is 0 Å². The molecule has 0 amide bonds. The Labute approximate surface area is 304 Å². The van der Waals surface area contributed by atoms with E-state index in [0.29, 0.717) is 22.9 Å². The zero-order valence-corrected chi connectivity index (χ0v) is 32.7. The molecule has 6 rings (SSSR count). The van der Waals surface area contributed by atoms with E-state index >= 15 is 0 Å². The summed E-state index contributed by atoms with van der Waals surface area (Å²) < 4.78 is 0. The van der Waals surface area contributed by atoms with Crippen molar-refractivity contribution in [1.82, 2.24) is 9.97 Å². The van der Waals surface area contributed by atoms with Crippen molar-refractivity contribution in [2.45, 2.75) is 78.3 Å². The van der Waals surface area contributed by atoms with Crippen LogP contribution in [0.25, 0.3) is 55.7 Å². The second-order valence-corrected chi connectivity index (χ2v) is 17.7. The van der Waals surface area contributed by atoms with Crippen LogP contribution in [-0.2, 0) is 21.1 Å². The molecule has 0 saturated carbocycles. The maximum atomic E-state index is 5.44. The van der Waals surface area contributed by atoms with Crippen LogP contribution in [0, 0.1) is 6.07 Å². The molecule has 4 heteroatoms. The topological polar surface area (TPSA) is 25.8 Å². The summed E-state index contributed by atoms with van der Waals surface area (Å²) in [6.07, 6.45) is 1.87. The summed E-state index contributed by atoms with van der Waals surface area (Å²) in [6, 6.07) is 41.2. The van der Waals surface area contributed by atoms with Gasteiger partial charge in [0, 0.05) is 38.6 Å². The van der Waals surface area contributed by atoms with Crippen LogP contribution in [0.15, 0.2) is 109 Å². The van der Waals surface area contributed by atoms with Crippen LogP contribution in [0.3, 0.4) is 0 Å². The SMILES string of the molecule is CC(C)c1cc(-c2ccccc2)cc(C(C)C)c1-c1cc(-c2ccccn2)[c-]c(-c2ccc3cccc([Si](C(C)C)C(C)C)c3n2)c1.[Pt]. The molecule has 0 fully saturated rings. The maximum absolute atomic E-state index is 5.44. The fraction of sp³-hybridized carbons (Fsp3) is 0.273. The van der Waals surface area contributed by atoms with E-state index in [1.165, 1.54) is 44.0 Å². The molecule has 0 aliphatic rings. The summed E-state index contributed by atoms with van der Waals surface area (Å²) in [5.74, 6) is 0.678. The average molecular weight is 826 g/mol. The van der Waals surface area contributed by atoms with Gasteiger partial charge in [0.25, 0.3) is 0 Å². The van der Waals surface area contributed by atoms with Gasteiger partial charge in [0.05, 0.1) is 14.3 Å². The number of hydrogen-bond donors (Lipinski definition) is 0. The second-order valence-electron chi connectivity index (χ2n) is 14.0. The Kier molecular flexibility index (Phi) is 11.3. The van der Waals surface area contributed by atoms with E-state index in [9.17, 15) is 0 Å². The van der Waals surface area contributed by atoms with Gasteiger partial charge in [-0.15, -0.1) is 18.2 Å². The Morgan fingerprint density at radius 2 is 1.19 bits per heavy atom. The summed E-state index contributed by atoms with van der Waals surface area (Å²) >= 11 is 0. The first-order valence-electron chi connectivity index (χ1n) is 17.1. The minimum Gasteiger partial charge on any atom is -0.295 e. The van der Waals surface area contributed by atoms with E-state index in [-0.39, 0.29) is 21.1 Å². The summed E-state index contributed by atoms with van der Waals surface area (Å²) in [6.45, 7) is 18.7. The van der Waals surface area contributed by atoms with Crippen molar-refractivity contribution in [3.8, 4) is 44.8 Å². The Morgan fingerprint density at radius 1 is 0.562 bits per heavy atom. The predicted octanol–water partition coefficient (Wildman–Crippen LogP) is 11.9. The van der Waals surface area contributed by atoms with Crippen LogP contribution in [0.4, 0.5) is 0 Å². The van der Waals surface area contributed by atoms with Gasteiger partial charge in [0.2, 0.25) is 0 Å². The molecule has 48 heavy (non-hydrogen) atoms. The Bertz CT molecular complexity index is 1960. The molecule has 0 aliphatic carbocycles. The first-order chi connectivity index (χ1) is 22.6. The molecule has 0 saturated heterocycles. The van der Waals surface area contributed by atoms with Crippen molar-refractivity contribution in [1.29, 1.82) is 0 Å². The van der Waals surface area contributed by atoms with Gasteiger partial charge in [-0.1, -0.05) is 157 Å². The molecule has 0 bridgehead atoms. The van der Waals surface area contributed by atoms with Gasteiger partial charge in [-0.3, -0.25) is 9.97 Å². The number of nitrogens with zero attached hydrogens (tertiary/aromatic N) is 2. The molecule has 0 N–H and O–H groups in total. The van der Waals surface area contributed by atoms with Gasteiger partial charge >= 0.3 is 0 Å². The summed E-state index contributed by atoms with van der Waals surface area (Å²) in [7, 11) is -0.820. The number of para-hydroxylation sites is 1. The van der Waals surface area contributed by atoms with E-state index in [0.717, 1.165) is 28.0 Å². The molecule has 0 atom stereocenters. The number of hydrogen-bond acceptors (Lipinski definition) is 2. The summed E-state index contributed by atoms with van der Waals surface area (Å²) in [5.41, 5.74) is 14.0. The van der Waals surface area contributed by atoms with Crippen LogP contribution >= 0.6 is 0 Å². The van der Waals surface area contributed by atoms with Gasteiger partial charge in [0.1, 0.15) is 0 Å². The Hall–Kier alpha value is -3.65. The smallest absolute Gasteiger partial charge is 0.0939 e. The number of aromatic nitrogens is 2. The van der Waals surface area contributed by atoms with E-state index in [2.05, 4.69) is 159 Å². The van der Waals surface area contributed by atoms with Crippen LogP contribution in [-0.4, -0.2) is 18.8 Å². The number of fused-ring (bicyclic) bond motifs is 1. The van der Waals surface area contributed by atoms with Gasteiger partial charge in [-0.25, -0.2) is 0 Å². The second kappa shape index (κ2) is 15.3. The third-order valence-electron chi connectivity index (χ3n) is 9.20. The van der Waals surface area contributed by atoms with Crippen molar-refractivity contribution in [3.63, 3.8) is 0 Å². The minimum atomic E-state index is -0.820. The molecular formula is C44H46N2PtSi-. The molecule has 6 aromatic rings. The molecule has 0 unspecified atom stereocenters. The van der Waals surface area contributed by atoms with Gasteiger partial charge < -0.3 is 0 Å². The first-order valence-corrected chi connectivity index (χ1v) is 18.8. The standard InChI is InChI=1S/C44H46N2Si.Pt/c1-28(2)38-26-34(32-15-10-9-11-16-32)27-39(29(3)4)43(38)37-24-35(40-18-12-13-22-45-40)23-36(25-37)41-21-20-33-17-14-19-42(44(33)46-41)47(30(5)6)31(7)8;/h9-22,24-31H,1-8H3;/q-1;. The molecule has 0 spiro atoms. The Balaban J connectivity index is 0.00000451. The van der Waals surface area contributed by atoms with Crippen LogP contribution in [0.5, 0.6) is 0 Å². The zero-order chi connectivity index (χ0) is 33.2. The number of pyridine rings is 2. The van der Waals surface area contributed by atoms with Crippen molar-refractivity contribution < 1.29 is 21.1 Å². The quantitative estimate of drug-likeness (QED) is 0.107. The third kappa shape index (κ3) is 7.33. The Morgan fingerprint density at radius 3 is 1.77 bits per heavy atom. The fourth-order valence-electron chi connectivity index (χ4n) is 7.06. The fourth-order valence-corrected chi connectivity index (χ4v) is 10.4. The molecule has 247 valence electrons. The zero-order valence-electron chi connectivity index (χ0n) is 29.4. The normalized spacial score (nSPS) is 11.7. The predicted molar refractivity (Wildman–Crippen MR) is 204 cm³/mol. The third-order valence-corrected chi connectivity index (χ3v) is 12.7. The van der Waals surface area contributed by atoms with E-state index < -0.39 is 8.80 Å². The molecule has 2 heterocycles. The average Bonchev–Trinajstić information content (AvgIpc) is 3.08. The molecule has 0 aliphatic heterocycles. The van der Waals surface area contributed by atoms with E-state index in [1.807, 2.05) is 12.3 Å². The minimum absolute atomic E-state index is 0. The monoisotopic (exact) mass is 825 g/mol. The van der Waals surface area contributed by atoms with Gasteiger partial charge in [-0.05, 0) is 67.4 Å². The van der Waals surface area contributed by atoms with Crippen LogP contribution in [0.2, 0.25) is 11.1 Å². The van der Waals surface area contributed by atoms with E-state index in [4.69, 9.17) is 9.97 Å². The van der Waals surface area contributed by atoms with Crippen molar-refractivity contribution >= 4 is 24.9 Å². The number of benzene rings is 4. The molecule has 2 aromatic heterocycles. The molecular weight excluding hydrogens is 780 g/mol. The van der Waals surface area contributed by atoms with Gasteiger partial charge in [-0.2, -0.15) is 0 Å². The molecule has 2 nitrogen and oxygen atoms in total. The number of rotatable bonds is 9. The largest absolute Gasteiger partial charge is 0.295 e. The maximum Gasteiger partial charge on any atom is 0.0939 e. The van der Waals surface area contributed by atoms with Crippen molar-refractivity contribution in [2.24, 2.45) is 0 Å². The summed E-state index contributed by atoms with van der Waals surface area (Å²) in [5, 5.41) is 2.64. The van der Waals surface area contributed by atoms with Crippen LogP contribution < -0.4 is 5.19 Å². The van der Waals surface area contributed by atoms with Crippen molar-refractivity contribution in [3.05, 3.63) is 127 Å². The first kappa shape index (κ1) is 35.6. The van der Waals surface area contributed by atoms with Crippen molar-refractivity contribution in [2.75, 3.05) is 0 Å².